The van der Waals surface area contributed by atoms with Crippen LogP contribution in [0, 0.1) is 0 Å². The summed E-state index contributed by atoms with van der Waals surface area (Å²) in [4.78, 5) is 11.6. The fraction of sp³-hybridized carbons (Fsp3) is 0.667. The predicted molar refractivity (Wildman–Crippen MR) is 63.8 cm³/mol. The maximum absolute atomic E-state index is 11.6. The molecule has 2 rings (SSSR count). The Morgan fingerprint density at radius 1 is 1.65 bits per heavy atom. The van der Waals surface area contributed by atoms with E-state index in [1.807, 2.05) is 13.0 Å². The zero-order chi connectivity index (χ0) is 12.3. The van der Waals surface area contributed by atoms with Gasteiger partial charge in [0.05, 0.1) is 18.8 Å². The second-order valence-corrected chi connectivity index (χ2v) is 4.26. The molecule has 2 heterocycles. The molecule has 1 aliphatic heterocycles. The molecule has 0 radical (unpaired) electrons. The third-order valence-electron chi connectivity index (χ3n) is 3.16. The van der Waals surface area contributed by atoms with E-state index in [1.54, 1.807) is 4.68 Å². The molecule has 1 aliphatic rings. The Bertz CT molecular complexity index is 394. The van der Waals surface area contributed by atoms with E-state index in [0.717, 1.165) is 18.7 Å². The molecule has 1 fully saturated rings. The highest BCUT2D eigenvalue weighted by atomic mass is 16.5. The average Bonchev–Trinajstić information content (AvgIpc) is 2.83. The minimum Gasteiger partial charge on any atom is -0.464 e. The molecular formula is C12H19N3O2. The number of rotatable bonds is 3. The Labute approximate surface area is 101 Å². The number of hydrogen-bond acceptors (Lipinski definition) is 4. The van der Waals surface area contributed by atoms with Crippen molar-refractivity contribution in [1.29, 1.82) is 0 Å². The Morgan fingerprint density at radius 2 is 2.47 bits per heavy atom. The maximum atomic E-state index is 11.6. The summed E-state index contributed by atoms with van der Waals surface area (Å²) in [5.41, 5.74) is 1.49. The van der Waals surface area contributed by atoms with E-state index < -0.39 is 0 Å². The lowest BCUT2D eigenvalue weighted by atomic mass is 10.0. The largest absolute Gasteiger partial charge is 0.464 e. The highest BCUT2D eigenvalue weighted by Gasteiger charge is 2.21. The number of methoxy groups -OCH3 is 1. The maximum Gasteiger partial charge on any atom is 0.356 e. The van der Waals surface area contributed by atoms with E-state index in [4.69, 9.17) is 4.74 Å². The van der Waals surface area contributed by atoms with Gasteiger partial charge in [-0.2, -0.15) is 5.10 Å². The molecule has 0 spiro atoms. The second kappa shape index (κ2) is 5.31. The molecule has 1 aromatic heterocycles. The van der Waals surface area contributed by atoms with Gasteiger partial charge in [-0.3, -0.25) is 4.68 Å². The van der Waals surface area contributed by atoms with Crippen LogP contribution >= 0.6 is 0 Å². The standard InChI is InChI=1S/C12H19N3O2/c1-3-15-11(12(16)17-2)8-10(14-15)9-6-4-5-7-13-9/h8-9,13H,3-7H2,1-2H3. The summed E-state index contributed by atoms with van der Waals surface area (Å²) >= 11 is 0. The molecule has 0 amide bonds. The molecule has 1 unspecified atom stereocenters. The summed E-state index contributed by atoms with van der Waals surface area (Å²) in [5, 5.41) is 7.90. The Kier molecular flexibility index (Phi) is 3.78. The highest BCUT2D eigenvalue weighted by Crippen LogP contribution is 2.22. The van der Waals surface area contributed by atoms with Crippen LogP contribution in [0.3, 0.4) is 0 Å². The first kappa shape index (κ1) is 12.1. The van der Waals surface area contributed by atoms with Gasteiger partial charge in [0.25, 0.3) is 0 Å². The molecule has 1 atom stereocenters. The summed E-state index contributed by atoms with van der Waals surface area (Å²) in [6.45, 7) is 3.67. The van der Waals surface area contributed by atoms with Crippen molar-refractivity contribution in [2.75, 3.05) is 13.7 Å². The van der Waals surface area contributed by atoms with Crippen LogP contribution in [-0.2, 0) is 11.3 Å². The molecule has 5 heteroatoms. The molecular weight excluding hydrogens is 218 g/mol. The lowest BCUT2D eigenvalue weighted by Gasteiger charge is -2.21. The summed E-state index contributed by atoms with van der Waals surface area (Å²) in [7, 11) is 1.40. The number of hydrogen-bond donors (Lipinski definition) is 1. The first-order valence-electron chi connectivity index (χ1n) is 6.15. The average molecular weight is 237 g/mol. The number of aryl methyl sites for hydroxylation is 1. The van der Waals surface area contributed by atoms with Crippen LogP contribution in [0.15, 0.2) is 6.07 Å². The molecule has 0 saturated carbocycles. The second-order valence-electron chi connectivity index (χ2n) is 4.26. The van der Waals surface area contributed by atoms with Gasteiger partial charge in [0.2, 0.25) is 0 Å². The Morgan fingerprint density at radius 3 is 3.06 bits per heavy atom. The zero-order valence-electron chi connectivity index (χ0n) is 10.4. The van der Waals surface area contributed by atoms with Crippen molar-refractivity contribution < 1.29 is 9.53 Å². The third kappa shape index (κ3) is 2.49. The smallest absolute Gasteiger partial charge is 0.356 e. The van der Waals surface area contributed by atoms with Crippen LogP contribution in [0.4, 0.5) is 0 Å². The van der Waals surface area contributed by atoms with Gasteiger partial charge in [0.1, 0.15) is 5.69 Å². The van der Waals surface area contributed by atoms with Gasteiger partial charge in [0.15, 0.2) is 0 Å². The fourth-order valence-corrected chi connectivity index (χ4v) is 2.22. The van der Waals surface area contributed by atoms with E-state index >= 15 is 0 Å². The van der Waals surface area contributed by atoms with E-state index in [2.05, 4.69) is 10.4 Å². The fourth-order valence-electron chi connectivity index (χ4n) is 2.22. The van der Waals surface area contributed by atoms with Gasteiger partial charge in [0, 0.05) is 6.54 Å². The molecule has 94 valence electrons. The molecule has 5 nitrogen and oxygen atoms in total. The number of nitrogens with zero attached hydrogens (tertiary/aromatic N) is 2. The molecule has 0 aromatic carbocycles. The van der Waals surface area contributed by atoms with Crippen LogP contribution < -0.4 is 5.32 Å². The molecule has 1 saturated heterocycles. The number of carbonyl (C=O) groups is 1. The van der Waals surface area contributed by atoms with E-state index in [9.17, 15) is 4.79 Å². The van der Waals surface area contributed by atoms with Crippen molar-refractivity contribution in [2.45, 2.75) is 38.8 Å². The first-order valence-corrected chi connectivity index (χ1v) is 6.15. The van der Waals surface area contributed by atoms with Gasteiger partial charge in [-0.05, 0) is 32.4 Å². The van der Waals surface area contributed by atoms with Crippen LogP contribution in [0.25, 0.3) is 0 Å². The van der Waals surface area contributed by atoms with Crippen molar-refractivity contribution in [2.24, 2.45) is 0 Å². The number of nitrogens with one attached hydrogen (secondary N) is 1. The number of carbonyl (C=O) groups excluding carboxylic acids is 1. The lowest BCUT2D eigenvalue weighted by Crippen LogP contribution is -2.27. The minimum absolute atomic E-state index is 0.278. The first-order chi connectivity index (χ1) is 8.26. The van der Waals surface area contributed by atoms with Crippen molar-refractivity contribution >= 4 is 5.97 Å². The van der Waals surface area contributed by atoms with Gasteiger partial charge >= 0.3 is 5.97 Å². The molecule has 1 aromatic rings. The minimum atomic E-state index is -0.318. The topological polar surface area (TPSA) is 56.2 Å². The molecule has 1 N–H and O–H groups in total. The van der Waals surface area contributed by atoms with E-state index in [1.165, 1.54) is 20.0 Å². The highest BCUT2D eigenvalue weighted by molar-refractivity contribution is 5.87. The zero-order valence-corrected chi connectivity index (χ0v) is 10.4. The number of aromatic nitrogens is 2. The SMILES string of the molecule is CCn1nc(C2CCCCN2)cc1C(=O)OC. The van der Waals surface area contributed by atoms with Crippen LogP contribution in [0.2, 0.25) is 0 Å². The normalized spacial score (nSPS) is 20.2. The summed E-state index contributed by atoms with van der Waals surface area (Å²) < 4.78 is 6.47. The predicted octanol–water partition coefficient (Wildman–Crippen LogP) is 1.50. The van der Waals surface area contributed by atoms with Crippen LogP contribution in [-0.4, -0.2) is 29.4 Å². The van der Waals surface area contributed by atoms with Crippen molar-refractivity contribution in [3.8, 4) is 0 Å². The molecule has 17 heavy (non-hydrogen) atoms. The lowest BCUT2D eigenvalue weighted by molar-refractivity contribution is 0.0587. The molecule has 0 bridgehead atoms. The summed E-state index contributed by atoms with van der Waals surface area (Å²) in [6, 6.07) is 2.12. The van der Waals surface area contributed by atoms with E-state index in [-0.39, 0.29) is 12.0 Å². The van der Waals surface area contributed by atoms with Crippen LogP contribution in [0.1, 0.15) is 48.4 Å². The Hall–Kier alpha value is -1.36. The molecule has 0 aliphatic carbocycles. The summed E-state index contributed by atoms with van der Waals surface area (Å²) in [5.74, 6) is -0.318. The van der Waals surface area contributed by atoms with Gasteiger partial charge in [-0.15, -0.1) is 0 Å². The van der Waals surface area contributed by atoms with Crippen molar-refractivity contribution in [1.82, 2.24) is 15.1 Å². The van der Waals surface area contributed by atoms with Crippen molar-refractivity contribution in [3.63, 3.8) is 0 Å². The van der Waals surface area contributed by atoms with E-state index in [0.29, 0.717) is 12.2 Å². The number of ether oxygens (including phenoxy) is 1. The monoisotopic (exact) mass is 237 g/mol. The number of esters is 1. The van der Waals surface area contributed by atoms with Gasteiger partial charge in [-0.25, -0.2) is 4.79 Å². The van der Waals surface area contributed by atoms with Crippen molar-refractivity contribution in [3.05, 3.63) is 17.5 Å². The summed E-state index contributed by atoms with van der Waals surface area (Å²) in [6.07, 6.45) is 3.51. The number of piperidine rings is 1. The third-order valence-corrected chi connectivity index (χ3v) is 3.16. The quantitative estimate of drug-likeness (QED) is 0.809. The van der Waals surface area contributed by atoms with Gasteiger partial charge < -0.3 is 10.1 Å². The van der Waals surface area contributed by atoms with Crippen LogP contribution in [0.5, 0.6) is 0 Å². The Balaban J connectivity index is 2.23. The van der Waals surface area contributed by atoms with Gasteiger partial charge in [-0.1, -0.05) is 6.42 Å².